The molecule has 1 atom stereocenters. The Kier molecular flexibility index (Phi) is 5.64. The topological polar surface area (TPSA) is 83.1 Å². The third-order valence-corrected chi connectivity index (χ3v) is 4.66. The third-order valence-electron chi connectivity index (χ3n) is 4.42. The summed E-state index contributed by atoms with van der Waals surface area (Å²) in [5.41, 5.74) is 2.48. The average Bonchev–Trinajstić information content (AvgIpc) is 3.16. The number of nitrogens with zero attached hydrogens (tertiary/aromatic N) is 2. The molecule has 0 spiro atoms. The van der Waals surface area contributed by atoms with Gasteiger partial charge in [0.25, 0.3) is 0 Å². The Hall–Kier alpha value is -3.09. The maximum absolute atomic E-state index is 9.45. The van der Waals surface area contributed by atoms with E-state index in [0.29, 0.717) is 34.7 Å². The van der Waals surface area contributed by atoms with Gasteiger partial charge in [0.1, 0.15) is 23.8 Å². The van der Waals surface area contributed by atoms with E-state index in [9.17, 15) is 5.11 Å². The number of benzene rings is 2. The number of nitrogens with one attached hydrogen (secondary N) is 2. The first kappa shape index (κ1) is 19.2. The number of aliphatic hydroxyl groups excluding tert-OH is 1. The lowest BCUT2D eigenvalue weighted by Gasteiger charge is -2.13. The molecule has 0 radical (unpaired) electrons. The highest BCUT2D eigenvalue weighted by Crippen LogP contribution is 2.27. The van der Waals surface area contributed by atoms with Crippen LogP contribution in [0.1, 0.15) is 12.6 Å². The molecule has 2 heterocycles. The van der Waals surface area contributed by atoms with Crippen LogP contribution in [0.15, 0.2) is 60.7 Å². The molecular weight excluding hydrogens is 388 g/mol. The molecule has 0 saturated carbocycles. The molecular formula is C22H21ClN4O2. The summed E-state index contributed by atoms with van der Waals surface area (Å²) in [7, 11) is 0. The van der Waals surface area contributed by atoms with E-state index >= 15 is 0 Å². The Balaban J connectivity index is 1.68. The predicted molar refractivity (Wildman–Crippen MR) is 115 cm³/mol. The molecule has 2 aromatic heterocycles. The first-order valence-electron chi connectivity index (χ1n) is 9.33. The van der Waals surface area contributed by atoms with Crippen molar-refractivity contribution in [2.45, 2.75) is 19.6 Å². The third kappa shape index (κ3) is 4.50. The summed E-state index contributed by atoms with van der Waals surface area (Å²) in [6.45, 7) is 2.24. The number of halogens is 1. The summed E-state index contributed by atoms with van der Waals surface area (Å²) in [5.74, 6) is 1.97. The van der Waals surface area contributed by atoms with Gasteiger partial charge in [-0.2, -0.15) is 0 Å². The maximum atomic E-state index is 9.45. The number of hydrogen-bond acceptors (Lipinski definition) is 5. The van der Waals surface area contributed by atoms with Crippen LogP contribution in [0, 0.1) is 0 Å². The van der Waals surface area contributed by atoms with Gasteiger partial charge in [-0.25, -0.2) is 9.97 Å². The van der Waals surface area contributed by atoms with E-state index in [4.69, 9.17) is 21.3 Å². The molecule has 0 aliphatic heterocycles. The average molecular weight is 409 g/mol. The van der Waals surface area contributed by atoms with Crippen LogP contribution in [0.3, 0.4) is 0 Å². The molecule has 4 aromatic rings. The molecule has 6 nitrogen and oxygen atoms in total. The zero-order chi connectivity index (χ0) is 20.2. The molecule has 0 aliphatic rings. The standard InChI is InChI=1S/C22H21ClN4O2/c1-14(12-28)24-21-19-11-17(13-29-18-9-5-8-16(23)10-18)25-22(19)27-20(26-21)15-6-3-2-4-7-15/h2-11,14,28H,12-13H2,1H3,(H2,24,25,26,27). The van der Waals surface area contributed by atoms with Gasteiger partial charge in [0.2, 0.25) is 0 Å². The van der Waals surface area contributed by atoms with E-state index in [-0.39, 0.29) is 12.6 Å². The predicted octanol–water partition coefficient (Wildman–Crippen LogP) is 4.65. The minimum atomic E-state index is -0.141. The number of anilines is 1. The number of aliphatic hydroxyl groups is 1. The number of fused-ring (bicyclic) bond motifs is 1. The Bertz CT molecular complexity index is 1110. The second-order valence-electron chi connectivity index (χ2n) is 6.79. The fourth-order valence-corrected chi connectivity index (χ4v) is 3.15. The summed E-state index contributed by atoms with van der Waals surface area (Å²) in [4.78, 5) is 12.7. The highest BCUT2D eigenvalue weighted by atomic mass is 35.5. The van der Waals surface area contributed by atoms with Crippen molar-refractivity contribution >= 4 is 28.5 Å². The number of hydrogen-bond donors (Lipinski definition) is 3. The first-order chi connectivity index (χ1) is 14.1. The van der Waals surface area contributed by atoms with E-state index in [1.165, 1.54) is 0 Å². The van der Waals surface area contributed by atoms with Crippen LogP contribution in [0.5, 0.6) is 5.75 Å². The van der Waals surface area contributed by atoms with E-state index in [2.05, 4.69) is 15.3 Å². The van der Waals surface area contributed by atoms with Crippen molar-refractivity contribution < 1.29 is 9.84 Å². The van der Waals surface area contributed by atoms with Gasteiger partial charge < -0.3 is 20.1 Å². The summed E-state index contributed by atoms with van der Waals surface area (Å²) in [6.07, 6.45) is 0. The zero-order valence-corrected chi connectivity index (χ0v) is 16.6. The van der Waals surface area contributed by atoms with Crippen LogP contribution in [-0.2, 0) is 6.61 Å². The zero-order valence-electron chi connectivity index (χ0n) is 15.9. The number of aromatic amines is 1. The summed E-state index contributed by atoms with van der Waals surface area (Å²) in [6, 6.07) is 18.9. The SMILES string of the molecule is CC(CO)Nc1nc(-c2ccccc2)nc2[nH]c(COc3cccc(Cl)c3)cc12. The summed E-state index contributed by atoms with van der Waals surface area (Å²) < 4.78 is 5.84. The van der Waals surface area contributed by atoms with E-state index in [1.807, 2.05) is 55.5 Å². The Morgan fingerprint density at radius 1 is 1.10 bits per heavy atom. The van der Waals surface area contributed by atoms with Crippen molar-refractivity contribution in [1.82, 2.24) is 15.0 Å². The van der Waals surface area contributed by atoms with Gasteiger partial charge in [-0.15, -0.1) is 0 Å². The fourth-order valence-electron chi connectivity index (χ4n) is 2.96. The van der Waals surface area contributed by atoms with Crippen molar-refractivity contribution in [3.8, 4) is 17.1 Å². The number of ether oxygens (including phenoxy) is 1. The molecule has 1 unspecified atom stereocenters. The minimum absolute atomic E-state index is 0.00131. The number of H-pyrrole nitrogens is 1. The van der Waals surface area contributed by atoms with Crippen molar-refractivity contribution in [3.63, 3.8) is 0 Å². The van der Waals surface area contributed by atoms with E-state index in [1.54, 1.807) is 12.1 Å². The Morgan fingerprint density at radius 2 is 1.93 bits per heavy atom. The van der Waals surface area contributed by atoms with Gasteiger partial charge in [0, 0.05) is 16.6 Å². The molecule has 4 rings (SSSR count). The monoisotopic (exact) mass is 408 g/mol. The van der Waals surface area contributed by atoms with Gasteiger partial charge in [-0.1, -0.05) is 48.0 Å². The smallest absolute Gasteiger partial charge is 0.163 e. The molecule has 0 amide bonds. The van der Waals surface area contributed by atoms with E-state index in [0.717, 1.165) is 16.6 Å². The Morgan fingerprint density at radius 3 is 2.69 bits per heavy atom. The van der Waals surface area contributed by atoms with Crippen LogP contribution in [-0.4, -0.2) is 32.7 Å². The van der Waals surface area contributed by atoms with E-state index < -0.39 is 0 Å². The van der Waals surface area contributed by atoms with Crippen LogP contribution < -0.4 is 10.1 Å². The molecule has 0 bridgehead atoms. The molecule has 29 heavy (non-hydrogen) atoms. The van der Waals surface area contributed by atoms with Crippen LogP contribution in [0.4, 0.5) is 5.82 Å². The van der Waals surface area contributed by atoms with Crippen molar-refractivity contribution in [1.29, 1.82) is 0 Å². The van der Waals surface area contributed by atoms with Crippen molar-refractivity contribution in [3.05, 3.63) is 71.4 Å². The molecule has 0 aliphatic carbocycles. The quantitative estimate of drug-likeness (QED) is 0.414. The molecule has 148 valence electrons. The van der Waals surface area contributed by atoms with Gasteiger partial charge in [-0.3, -0.25) is 0 Å². The van der Waals surface area contributed by atoms with Crippen molar-refractivity contribution in [2.75, 3.05) is 11.9 Å². The van der Waals surface area contributed by atoms with Crippen LogP contribution in [0.2, 0.25) is 5.02 Å². The lowest BCUT2D eigenvalue weighted by atomic mass is 10.2. The highest BCUT2D eigenvalue weighted by molar-refractivity contribution is 6.30. The second kappa shape index (κ2) is 8.51. The number of rotatable bonds is 7. The summed E-state index contributed by atoms with van der Waals surface area (Å²) >= 11 is 6.01. The van der Waals surface area contributed by atoms with Gasteiger partial charge >= 0.3 is 0 Å². The van der Waals surface area contributed by atoms with Gasteiger partial charge in [0.15, 0.2) is 5.82 Å². The molecule has 0 fully saturated rings. The normalized spacial score (nSPS) is 12.1. The van der Waals surface area contributed by atoms with Gasteiger partial charge in [0.05, 0.1) is 17.7 Å². The van der Waals surface area contributed by atoms with Crippen LogP contribution in [0.25, 0.3) is 22.4 Å². The lowest BCUT2D eigenvalue weighted by Crippen LogP contribution is -2.20. The highest BCUT2D eigenvalue weighted by Gasteiger charge is 2.14. The Labute approximate surface area is 173 Å². The lowest BCUT2D eigenvalue weighted by molar-refractivity contribution is 0.281. The molecule has 7 heteroatoms. The molecule has 3 N–H and O–H groups in total. The maximum Gasteiger partial charge on any atom is 0.163 e. The van der Waals surface area contributed by atoms with Crippen molar-refractivity contribution in [2.24, 2.45) is 0 Å². The fraction of sp³-hybridized carbons (Fsp3) is 0.182. The second-order valence-corrected chi connectivity index (χ2v) is 7.23. The van der Waals surface area contributed by atoms with Gasteiger partial charge in [-0.05, 0) is 31.2 Å². The van der Waals surface area contributed by atoms with Crippen LogP contribution >= 0.6 is 11.6 Å². The minimum Gasteiger partial charge on any atom is -0.487 e. The first-order valence-corrected chi connectivity index (χ1v) is 9.71. The molecule has 0 saturated heterocycles. The largest absolute Gasteiger partial charge is 0.487 e. The number of aromatic nitrogens is 3. The molecule has 2 aromatic carbocycles. The summed E-state index contributed by atoms with van der Waals surface area (Å²) in [5, 5.41) is 14.2.